The van der Waals surface area contributed by atoms with E-state index in [1.165, 1.54) is 0 Å². The van der Waals surface area contributed by atoms with Crippen LogP contribution in [-0.4, -0.2) is 22.7 Å². The molecule has 1 heterocycles. The summed E-state index contributed by atoms with van der Waals surface area (Å²) in [7, 11) is 0. The van der Waals surface area contributed by atoms with Gasteiger partial charge in [-0.3, -0.25) is 15.2 Å². The molecular formula is C25H31N3O3. The lowest BCUT2D eigenvalue weighted by Gasteiger charge is -2.47. The van der Waals surface area contributed by atoms with E-state index in [1.807, 2.05) is 58.0 Å². The maximum Gasteiger partial charge on any atom is 0.244 e. The molecule has 1 aliphatic heterocycles. The third-order valence-electron chi connectivity index (χ3n) is 5.87. The Kier molecular flexibility index (Phi) is 6.28. The summed E-state index contributed by atoms with van der Waals surface area (Å²) in [6.45, 7) is 9.52. The number of amides is 1. The molecule has 3 rings (SSSR count). The fraction of sp³-hybridized carbons (Fsp3) is 0.440. The van der Waals surface area contributed by atoms with E-state index in [-0.39, 0.29) is 5.91 Å². The fourth-order valence-electron chi connectivity index (χ4n) is 4.00. The van der Waals surface area contributed by atoms with Gasteiger partial charge in [0.25, 0.3) is 0 Å². The molecule has 2 unspecified atom stereocenters. The van der Waals surface area contributed by atoms with Gasteiger partial charge in [-0.1, -0.05) is 45.4 Å². The van der Waals surface area contributed by atoms with Gasteiger partial charge in [0.15, 0.2) is 0 Å². The molecule has 164 valence electrons. The van der Waals surface area contributed by atoms with E-state index in [0.29, 0.717) is 16.9 Å². The Hall–Kier alpha value is -3.04. The summed E-state index contributed by atoms with van der Waals surface area (Å²) in [5.74, 6) is 0.454. The summed E-state index contributed by atoms with van der Waals surface area (Å²) in [4.78, 5) is 13.3. The molecule has 0 aromatic heterocycles. The number of nitrogens with zero attached hydrogens (tertiary/aromatic N) is 2. The molecule has 0 saturated heterocycles. The lowest BCUT2D eigenvalue weighted by Crippen LogP contribution is -2.59. The average molecular weight is 422 g/mol. The summed E-state index contributed by atoms with van der Waals surface area (Å²) in [5.41, 5.74) is 3.44. The van der Waals surface area contributed by atoms with Crippen molar-refractivity contribution < 1.29 is 14.6 Å². The Morgan fingerprint density at radius 2 is 1.94 bits per heavy atom. The minimum atomic E-state index is -0.969. The van der Waals surface area contributed by atoms with Crippen LogP contribution >= 0.6 is 0 Å². The fourth-order valence-corrected chi connectivity index (χ4v) is 4.00. The zero-order chi connectivity index (χ0) is 22.8. The van der Waals surface area contributed by atoms with E-state index in [2.05, 4.69) is 18.4 Å². The quantitative estimate of drug-likeness (QED) is 0.671. The van der Waals surface area contributed by atoms with Crippen LogP contribution < -0.4 is 15.2 Å². The normalized spacial score (nSPS) is 19.5. The van der Waals surface area contributed by atoms with Crippen LogP contribution in [0.25, 0.3) is 0 Å². The van der Waals surface area contributed by atoms with Gasteiger partial charge in [0.1, 0.15) is 23.5 Å². The van der Waals surface area contributed by atoms with Crippen molar-refractivity contribution in [3.05, 3.63) is 59.7 Å². The standard InChI is InChI=1S/C25H31N3O3/c1-6-14-24(2,3)23(30)27-28(18-10-8-7-9-11-18)21-19-15-17(16-26)12-13-20(19)31-25(4,5)22(21)29/h7-13,15,21-22,29H,6,14H2,1-5H3,(H,27,30). The molecule has 1 amide bonds. The predicted molar refractivity (Wildman–Crippen MR) is 120 cm³/mol. The molecule has 2 aromatic carbocycles. The Bertz CT molecular complexity index is 979. The first-order chi connectivity index (χ1) is 14.6. The molecule has 0 saturated carbocycles. The number of hydrogen-bond acceptors (Lipinski definition) is 5. The van der Waals surface area contributed by atoms with Gasteiger partial charge >= 0.3 is 0 Å². The van der Waals surface area contributed by atoms with Crippen LogP contribution in [0, 0.1) is 16.7 Å². The first-order valence-electron chi connectivity index (χ1n) is 10.7. The minimum Gasteiger partial charge on any atom is -0.485 e. The third-order valence-corrected chi connectivity index (χ3v) is 5.87. The molecule has 1 aliphatic rings. The zero-order valence-corrected chi connectivity index (χ0v) is 18.8. The van der Waals surface area contributed by atoms with Crippen molar-refractivity contribution in [3.63, 3.8) is 0 Å². The van der Waals surface area contributed by atoms with Crippen molar-refractivity contribution in [1.29, 1.82) is 5.26 Å². The van der Waals surface area contributed by atoms with E-state index in [9.17, 15) is 15.2 Å². The molecular weight excluding hydrogens is 390 g/mol. The summed E-state index contributed by atoms with van der Waals surface area (Å²) >= 11 is 0. The van der Waals surface area contributed by atoms with Crippen LogP contribution in [0.2, 0.25) is 0 Å². The summed E-state index contributed by atoms with van der Waals surface area (Å²) in [6.07, 6.45) is 0.648. The Labute approximate surface area is 184 Å². The summed E-state index contributed by atoms with van der Waals surface area (Å²) in [6, 6.07) is 16.1. The lowest BCUT2D eigenvalue weighted by molar-refractivity contribution is -0.130. The highest BCUT2D eigenvalue weighted by Crippen LogP contribution is 2.44. The van der Waals surface area contributed by atoms with E-state index in [4.69, 9.17) is 4.74 Å². The molecule has 31 heavy (non-hydrogen) atoms. The second-order valence-electron chi connectivity index (χ2n) is 9.24. The number of fused-ring (bicyclic) bond motifs is 1. The van der Waals surface area contributed by atoms with Crippen molar-refractivity contribution in [2.45, 2.75) is 65.2 Å². The topological polar surface area (TPSA) is 85.6 Å². The van der Waals surface area contributed by atoms with E-state index >= 15 is 0 Å². The molecule has 2 atom stereocenters. The van der Waals surface area contributed by atoms with Crippen molar-refractivity contribution in [1.82, 2.24) is 5.43 Å². The van der Waals surface area contributed by atoms with Crippen LogP contribution in [0.15, 0.2) is 48.5 Å². The largest absolute Gasteiger partial charge is 0.485 e. The number of rotatable bonds is 6. The monoisotopic (exact) mass is 421 g/mol. The number of nitriles is 1. The predicted octanol–water partition coefficient (Wildman–Crippen LogP) is 4.50. The van der Waals surface area contributed by atoms with Gasteiger partial charge in [0.05, 0.1) is 17.3 Å². The first-order valence-corrected chi connectivity index (χ1v) is 10.7. The van der Waals surface area contributed by atoms with Crippen LogP contribution in [0.3, 0.4) is 0 Å². The Balaban J connectivity index is 2.14. The number of hydrogen-bond donors (Lipinski definition) is 2. The van der Waals surface area contributed by atoms with Crippen molar-refractivity contribution in [2.75, 3.05) is 5.01 Å². The highest BCUT2D eigenvalue weighted by atomic mass is 16.5. The van der Waals surface area contributed by atoms with Gasteiger partial charge in [-0.25, -0.2) is 0 Å². The SMILES string of the molecule is CCCC(C)(C)C(=O)NN(c1ccccc1)C1c2cc(C#N)ccc2OC(C)(C)C1O. The van der Waals surface area contributed by atoms with Gasteiger partial charge in [-0.05, 0) is 50.6 Å². The molecule has 0 fully saturated rings. The first kappa shape index (κ1) is 22.6. The second-order valence-corrected chi connectivity index (χ2v) is 9.24. The van der Waals surface area contributed by atoms with Crippen molar-refractivity contribution in [3.8, 4) is 11.8 Å². The number of para-hydroxylation sites is 1. The van der Waals surface area contributed by atoms with Crippen molar-refractivity contribution >= 4 is 11.6 Å². The van der Waals surface area contributed by atoms with Gasteiger partial charge < -0.3 is 9.84 Å². The number of benzene rings is 2. The van der Waals surface area contributed by atoms with Gasteiger partial charge in [0, 0.05) is 11.0 Å². The van der Waals surface area contributed by atoms with Crippen LogP contribution in [0.4, 0.5) is 5.69 Å². The number of anilines is 1. The number of carbonyl (C=O) groups excluding carboxylic acids is 1. The van der Waals surface area contributed by atoms with Crippen molar-refractivity contribution in [2.24, 2.45) is 5.41 Å². The van der Waals surface area contributed by atoms with Crippen LogP contribution in [-0.2, 0) is 4.79 Å². The maximum atomic E-state index is 13.3. The second kappa shape index (κ2) is 8.60. The van der Waals surface area contributed by atoms with E-state index in [1.54, 1.807) is 23.2 Å². The Morgan fingerprint density at radius 1 is 1.26 bits per heavy atom. The number of hydrazine groups is 1. The van der Waals surface area contributed by atoms with Gasteiger partial charge in [0.2, 0.25) is 5.91 Å². The number of carbonyl (C=O) groups is 1. The third kappa shape index (κ3) is 4.52. The van der Waals surface area contributed by atoms with Gasteiger partial charge in [-0.15, -0.1) is 0 Å². The zero-order valence-electron chi connectivity index (χ0n) is 18.8. The minimum absolute atomic E-state index is 0.132. The number of aliphatic hydroxyl groups excluding tert-OH is 1. The molecule has 0 aliphatic carbocycles. The van der Waals surface area contributed by atoms with E-state index < -0.39 is 23.2 Å². The average Bonchev–Trinajstić information content (AvgIpc) is 2.73. The van der Waals surface area contributed by atoms with Crippen LogP contribution in [0.5, 0.6) is 5.75 Å². The number of nitrogens with one attached hydrogen (secondary N) is 1. The molecule has 0 bridgehead atoms. The smallest absolute Gasteiger partial charge is 0.244 e. The molecule has 2 N–H and O–H groups in total. The molecule has 6 nitrogen and oxygen atoms in total. The summed E-state index contributed by atoms with van der Waals surface area (Å²) < 4.78 is 6.06. The molecule has 0 spiro atoms. The lowest BCUT2D eigenvalue weighted by atomic mass is 9.85. The Morgan fingerprint density at radius 3 is 2.55 bits per heavy atom. The highest BCUT2D eigenvalue weighted by molar-refractivity contribution is 5.83. The van der Waals surface area contributed by atoms with Crippen LogP contribution in [0.1, 0.15) is 64.6 Å². The number of ether oxygens (including phenoxy) is 1. The molecule has 2 aromatic rings. The van der Waals surface area contributed by atoms with E-state index in [0.717, 1.165) is 18.5 Å². The maximum absolute atomic E-state index is 13.3. The van der Waals surface area contributed by atoms with Gasteiger partial charge in [-0.2, -0.15) is 5.26 Å². The number of aliphatic hydroxyl groups is 1. The molecule has 0 radical (unpaired) electrons. The molecule has 6 heteroatoms. The highest BCUT2D eigenvalue weighted by Gasteiger charge is 2.47. The summed E-state index contributed by atoms with van der Waals surface area (Å²) in [5, 5.41) is 22.5.